The van der Waals surface area contributed by atoms with E-state index in [0.717, 1.165) is 25.9 Å². The molecule has 3 heterocycles. The van der Waals surface area contributed by atoms with Gasteiger partial charge in [-0.1, -0.05) is 0 Å². The summed E-state index contributed by atoms with van der Waals surface area (Å²) in [5.74, 6) is 0.491. The van der Waals surface area contributed by atoms with Gasteiger partial charge in [0.05, 0.1) is 30.1 Å². The van der Waals surface area contributed by atoms with Gasteiger partial charge in [0.15, 0.2) is 11.5 Å². The van der Waals surface area contributed by atoms with E-state index in [0.29, 0.717) is 37.6 Å². The Bertz CT molecular complexity index is 827. The highest BCUT2D eigenvalue weighted by Gasteiger charge is 2.33. The molecule has 0 aliphatic carbocycles. The second kappa shape index (κ2) is 8.89. The maximum atomic E-state index is 13.0. The van der Waals surface area contributed by atoms with Crippen molar-refractivity contribution in [3.63, 3.8) is 0 Å². The Hall–Kier alpha value is -1.84. The number of sulfonamides is 1. The molecule has 1 aromatic rings. The number of ether oxygens (including phenoxy) is 4. The number of rotatable bonds is 5. The van der Waals surface area contributed by atoms with E-state index in [9.17, 15) is 13.2 Å². The minimum atomic E-state index is -3.66. The van der Waals surface area contributed by atoms with Gasteiger partial charge >= 0.3 is 5.97 Å². The monoisotopic (exact) mass is 425 g/mol. The van der Waals surface area contributed by atoms with Crippen molar-refractivity contribution in [2.45, 2.75) is 43.1 Å². The zero-order valence-corrected chi connectivity index (χ0v) is 17.2. The Balaban J connectivity index is 1.35. The normalized spacial score (nSPS) is 23.5. The van der Waals surface area contributed by atoms with E-state index in [1.165, 1.54) is 10.4 Å². The number of fused-ring (bicyclic) bond motifs is 1. The summed E-state index contributed by atoms with van der Waals surface area (Å²) in [7, 11) is -3.66. The third kappa shape index (κ3) is 4.67. The van der Waals surface area contributed by atoms with Gasteiger partial charge in [0.25, 0.3) is 0 Å². The third-order valence-electron chi connectivity index (χ3n) is 5.58. The second-order valence-corrected chi connectivity index (χ2v) is 9.54. The fraction of sp³-hybridized carbons (Fsp3) is 0.650. The lowest BCUT2D eigenvalue weighted by Gasteiger charge is -2.30. The molecule has 0 aromatic heterocycles. The fourth-order valence-electron chi connectivity index (χ4n) is 3.85. The molecule has 3 aliphatic rings. The van der Waals surface area contributed by atoms with Crippen molar-refractivity contribution >= 4 is 16.0 Å². The molecule has 9 heteroatoms. The number of carbonyl (C=O) groups excluding carboxylic acids is 1. The van der Waals surface area contributed by atoms with Crippen molar-refractivity contribution in [1.29, 1.82) is 0 Å². The number of nitrogens with zero attached hydrogens (tertiary/aromatic N) is 1. The molecule has 160 valence electrons. The van der Waals surface area contributed by atoms with Crippen molar-refractivity contribution in [2.24, 2.45) is 5.92 Å². The van der Waals surface area contributed by atoms with Crippen LogP contribution in [0.4, 0.5) is 0 Å². The van der Waals surface area contributed by atoms with Gasteiger partial charge in [-0.05, 0) is 37.8 Å². The molecule has 0 N–H and O–H groups in total. The van der Waals surface area contributed by atoms with Crippen LogP contribution in [0.3, 0.4) is 0 Å². The lowest BCUT2D eigenvalue weighted by Crippen LogP contribution is -2.40. The minimum absolute atomic E-state index is 0.00109. The molecular weight excluding hydrogens is 398 g/mol. The number of benzene rings is 1. The van der Waals surface area contributed by atoms with Crippen LogP contribution in [-0.2, 0) is 24.3 Å². The molecule has 0 saturated carbocycles. The predicted molar refractivity (Wildman–Crippen MR) is 103 cm³/mol. The molecule has 1 unspecified atom stereocenters. The molecule has 1 aromatic carbocycles. The topological polar surface area (TPSA) is 91.4 Å². The van der Waals surface area contributed by atoms with Crippen molar-refractivity contribution in [2.75, 3.05) is 39.5 Å². The molecule has 2 fully saturated rings. The van der Waals surface area contributed by atoms with Crippen LogP contribution < -0.4 is 9.47 Å². The zero-order valence-electron chi connectivity index (χ0n) is 16.4. The van der Waals surface area contributed by atoms with E-state index in [4.69, 9.17) is 18.9 Å². The molecular formula is C20H27NO7S. The first-order valence-electron chi connectivity index (χ1n) is 10.2. The van der Waals surface area contributed by atoms with Crippen LogP contribution in [0.15, 0.2) is 23.1 Å². The van der Waals surface area contributed by atoms with Gasteiger partial charge in [0.1, 0.15) is 6.61 Å². The Morgan fingerprint density at radius 1 is 1.03 bits per heavy atom. The summed E-state index contributed by atoms with van der Waals surface area (Å²) < 4.78 is 49.5. The summed E-state index contributed by atoms with van der Waals surface area (Å²) in [6, 6.07) is 4.71. The van der Waals surface area contributed by atoms with Crippen LogP contribution in [0.5, 0.6) is 11.5 Å². The van der Waals surface area contributed by atoms with E-state index in [1.54, 1.807) is 12.1 Å². The van der Waals surface area contributed by atoms with Crippen molar-refractivity contribution in [1.82, 2.24) is 4.31 Å². The van der Waals surface area contributed by atoms with Crippen molar-refractivity contribution in [3.05, 3.63) is 18.2 Å². The highest BCUT2D eigenvalue weighted by molar-refractivity contribution is 7.89. The van der Waals surface area contributed by atoms with Crippen molar-refractivity contribution in [3.8, 4) is 11.5 Å². The Kier molecular flexibility index (Phi) is 6.26. The van der Waals surface area contributed by atoms with Crippen LogP contribution >= 0.6 is 0 Å². The Morgan fingerprint density at radius 3 is 2.52 bits per heavy atom. The number of hydrogen-bond donors (Lipinski definition) is 0. The number of hydrogen-bond acceptors (Lipinski definition) is 7. The van der Waals surface area contributed by atoms with Gasteiger partial charge in [-0.3, -0.25) is 4.79 Å². The minimum Gasteiger partial charge on any atom is -0.490 e. The van der Waals surface area contributed by atoms with E-state index in [1.807, 2.05) is 0 Å². The molecule has 4 rings (SSSR count). The van der Waals surface area contributed by atoms with Gasteiger partial charge in [0.2, 0.25) is 10.0 Å². The number of piperidine rings is 1. The van der Waals surface area contributed by atoms with Crippen LogP contribution in [0.1, 0.15) is 32.1 Å². The second-order valence-electron chi connectivity index (χ2n) is 7.60. The number of carbonyl (C=O) groups is 1. The van der Waals surface area contributed by atoms with Gasteiger partial charge in [-0.2, -0.15) is 4.31 Å². The number of esters is 1. The van der Waals surface area contributed by atoms with Gasteiger partial charge in [0, 0.05) is 32.2 Å². The average molecular weight is 426 g/mol. The lowest BCUT2D eigenvalue weighted by molar-refractivity contribution is -0.153. The van der Waals surface area contributed by atoms with E-state index in [-0.39, 0.29) is 42.6 Å². The molecule has 3 aliphatic heterocycles. The van der Waals surface area contributed by atoms with E-state index >= 15 is 0 Å². The van der Waals surface area contributed by atoms with Gasteiger partial charge in [-0.25, -0.2) is 8.42 Å². The van der Waals surface area contributed by atoms with Gasteiger partial charge < -0.3 is 18.9 Å². The molecule has 2 saturated heterocycles. The van der Waals surface area contributed by atoms with Gasteiger partial charge in [-0.15, -0.1) is 0 Å². The first kappa shape index (κ1) is 20.4. The molecule has 0 amide bonds. The van der Waals surface area contributed by atoms with Crippen LogP contribution in [0, 0.1) is 5.92 Å². The lowest BCUT2D eigenvalue weighted by atomic mass is 9.98. The van der Waals surface area contributed by atoms with Crippen LogP contribution in [0.2, 0.25) is 0 Å². The van der Waals surface area contributed by atoms with E-state index < -0.39 is 10.0 Å². The van der Waals surface area contributed by atoms with Crippen LogP contribution in [0.25, 0.3) is 0 Å². The summed E-state index contributed by atoms with van der Waals surface area (Å²) in [6.07, 6.45) is 3.58. The first-order chi connectivity index (χ1) is 14.0. The summed E-state index contributed by atoms with van der Waals surface area (Å²) in [4.78, 5) is 12.5. The third-order valence-corrected chi connectivity index (χ3v) is 7.47. The Morgan fingerprint density at radius 2 is 1.79 bits per heavy atom. The summed E-state index contributed by atoms with van der Waals surface area (Å²) in [5, 5.41) is 0. The molecule has 0 bridgehead atoms. The molecule has 0 radical (unpaired) electrons. The summed E-state index contributed by atoms with van der Waals surface area (Å²) in [5.41, 5.74) is 0. The highest BCUT2D eigenvalue weighted by atomic mass is 32.2. The maximum absolute atomic E-state index is 13.0. The predicted octanol–water partition coefficient (Wildman–Crippen LogP) is 1.97. The molecule has 29 heavy (non-hydrogen) atoms. The Labute approximate surface area is 171 Å². The van der Waals surface area contributed by atoms with Crippen molar-refractivity contribution < 1.29 is 32.2 Å². The average Bonchev–Trinajstić information content (AvgIpc) is 3.15. The van der Waals surface area contributed by atoms with E-state index in [2.05, 4.69) is 0 Å². The van der Waals surface area contributed by atoms with Crippen LogP contribution in [-0.4, -0.2) is 64.3 Å². The molecule has 0 spiro atoms. The standard InChI is InChI=1S/C20H27NO7S/c22-20(28-14-16-3-1-10-25-16)15-6-8-21(9-7-15)29(23,24)17-4-5-18-19(13-17)27-12-2-11-26-18/h4-5,13,15-16H,1-3,6-12,14H2. The summed E-state index contributed by atoms with van der Waals surface area (Å²) in [6.45, 7) is 2.63. The quantitative estimate of drug-likeness (QED) is 0.666. The smallest absolute Gasteiger partial charge is 0.309 e. The summed E-state index contributed by atoms with van der Waals surface area (Å²) >= 11 is 0. The maximum Gasteiger partial charge on any atom is 0.309 e. The molecule has 8 nitrogen and oxygen atoms in total. The zero-order chi connectivity index (χ0) is 20.3. The molecule has 1 atom stereocenters. The first-order valence-corrected chi connectivity index (χ1v) is 11.7. The fourth-order valence-corrected chi connectivity index (χ4v) is 5.34. The largest absolute Gasteiger partial charge is 0.490 e. The SMILES string of the molecule is O=C(OCC1CCCO1)C1CCN(S(=O)(=O)c2ccc3c(c2)OCCCO3)CC1. The highest BCUT2D eigenvalue weighted by Crippen LogP contribution is 2.34.